The molecule has 7 heteroatoms. The maximum atomic E-state index is 13.5. The monoisotopic (exact) mass is 346 g/mol. The standard InChI is InChI=1S/C13H16BrFN2O3/c1-3-7(2)11(12(18)19)17-13(20)16-10-5-4-8(14)6-9(10)15/h4-7,11H,3H2,1-2H3,(H,18,19)(H2,16,17,20)/t7-,11-/m0/s1. The maximum Gasteiger partial charge on any atom is 0.326 e. The molecule has 0 saturated heterocycles. The van der Waals surface area contributed by atoms with Crippen molar-refractivity contribution < 1.29 is 19.1 Å². The number of carboxylic acid groups (broad SMARTS) is 1. The van der Waals surface area contributed by atoms with Gasteiger partial charge in [-0.25, -0.2) is 14.0 Å². The third-order valence-corrected chi connectivity index (χ3v) is 3.44. The van der Waals surface area contributed by atoms with Crippen molar-refractivity contribution in [1.82, 2.24) is 5.32 Å². The van der Waals surface area contributed by atoms with Crippen LogP contribution in [0.2, 0.25) is 0 Å². The Morgan fingerprint density at radius 3 is 2.60 bits per heavy atom. The Hall–Kier alpha value is -1.63. The molecule has 0 aliphatic carbocycles. The molecule has 1 rings (SSSR count). The Labute approximate surface area is 124 Å². The normalized spacial score (nSPS) is 13.4. The fourth-order valence-electron chi connectivity index (χ4n) is 1.57. The number of hydrogen-bond acceptors (Lipinski definition) is 2. The van der Waals surface area contributed by atoms with Crippen molar-refractivity contribution in [3.8, 4) is 0 Å². The highest BCUT2D eigenvalue weighted by Gasteiger charge is 2.25. The number of anilines is 1. The van der Waals surface area contributed by atoms with Crippen LogP contribution >= 0.6 is 15.9 Å². The first-order valence-corrected chi connectivity index (χ1v) is 6.89. The minimum absolute atomic E-state index is 0.0148. The van der Waals surface area contributed by atoms with Crippen molar-refractivity contribution in [2.24, 2.45) is 5.92 Å². The summed E-state index contributed by atoms with van der Waals surface area (Å²) in [6, 6.07) is 2.40. The first kappa shape index (κ1) is 16.4. The summed E-state index contributed by atoms with van der Waals surface area (Å²) in [6.45, 7) is 3.55. The number of benzene rings is 1. The Morgan fingerprint density at radius 1 is 1.45 bits per heavy atom. The molecule has 0 radical (unpaired) electrons. The van der Waals surface area contributed by atoms with Gasteiger partial charge in [-0.05, 0) is 24.1 Å². The minimum atomic E-state index is -1.12. The molecule has 5 nitrogen and oxygen atoms in total. The number of rotatable bonds is 5. The Bertz CT molecular complexity index is 510. The molecular weight excluding hydrogens is 331 g/mol. The SMILES string of the molecule is CC[C@H](C)[C@H](NC(=O)Nc1ccc(Br)cc1F)C(=O)O. The second-order valence-corrected chi connectivity index (χ2v) is 5.34. The lowest BCUT2D eigenvalue weighted by molar-refractivity contribution is -0.140. The molecule has 0 bridgehead atoms. The van der Waals surface area contributed by atoms with Crippen LogP contribution in [-0.4, -0.2) is 23.1 Å². The van der Waals surface area contributed by atoms with Crippen LogP contribution in [0.5, 0.6) is 0 Å². The Balaban J connectivity index is 2.73. The van der Waals surface area contributed by atoms with Crippen LogP contribution in [0.3, 0.4) is 0 Å². The number of amides is 2. The summed E-state index contributed by atoms with van der Waals surface area (Å²) >= 11 is 3.10. The van der Waals surface area contributed by atoms with E-state index in [2.05, 4.69) is 26.6 Å². The quantitative estimate of drug-likeness (QED) is 0.765. The number of urea groups is 1. The van der Waals surface area contributed by atoms with E-state index in [9.17, 15) is 14.0 Å². The van der Waals surface area contributed by atoms with Crippen LogP contribution in [0.25, 0.3) is 0 Å². The predicted molar refractivity (Wildman–Crippen MR) is 77.1 cm³/mol. The number of carbonyl (C=O) groups excluding carboxylic acids is 1. The van der Waals surface area contributed by atoms with Crippen molar-refractivity contribution in [2.75, 3.05) is 5.32 Å². The molecule has 0 spiro atoms. The zero-order valence-electron chi connectivity index (χ0n) is 11.1. The summed E-state index contributed by atoms with van der Waals surface area (Å²) in [5.41, 5.74) is -0.0148. The summed E-state index contributed by atoms with van der Waals surface area (Å²) in [5, 5.41) is 13.7. The highest BCUT2D eigenvalue weighted by molar-refractivity contribution is 9.10. The smallest absolute Gasteiger partial charge is 0.326 e. The summed E-state index contributed by atoms with van der Waals surface area (Å²) < 4.78 is 14.1. The van der Waals surface area contributed by atoms with Crippen molar-refractivity contribution in [3.05, 3.63) is 28.5 Å². The third-order valence-electron chi connectivity index (χ3n) is 2.94. The maximum absolute atomic E-state index is 13.5. The highest BCUT2D eigenvalue weighted by atomic mass is 79.9. The lowest BCUT2D eigenvalue weighted by Gasteiger charge is -2.20. The molecule has 0 saturated carbocycles. The van der Waals surface area contributed by atoms with Crippen molar-refractivity contribution in [1.29, 1.82) is 0 Å². The van der Waals surface area contributed by atoms with Crippen LogP contribution in [0, 0.1) is 11.7 Å². The fraction of sp³-hybridized carbons (Fsp3) is 0.385. The van der Waals surface area contributed by atoms with Gasteiger partial charge < -0.3 is 15.7 Å². The molecular formula is C13H16BrFN2O3. The number of carbonyl (C=O) groups is 2. The third kappa shape index (κ3) is 4.48. The molecule has 0 fully saturated rings. The van der Waals surface area contributed by atoms with Gasteiger partial charge in [-0.15, -0.1) is 0 Å². The second kappa shape index (κ2) is 7.23. The van der Waals surface area contributed by atoms with Gasteiger partial charge in [0.25, 0.3) is 0 Å². The number of carboxylic acids is 1. The Kier molecular flexibility index (Phi) is 5.94. The van der Waals surface area contributed by atoms with E-state index in [0.29, 0.717) is 10.9 Å². The van der Waals surface area contributed by atoms with Gasteiger partial charge >= 0.3 is 12.0 Å². The van der Waals surface area contributed by atoms with Crippen LogP contribution in [0.15, 0.2) is 22.7 Å². The molecule has 0 unspecified atom stereocenters. The molecule has 1 aromatic rings. The molecule has 2 amide bonds. The van der Waals surface area contributed by atoms with Gasteiger partial charge in [0.15, 0.2) is 0 Å². The van der Waals surface area contributed by atoms with Gasteiger partial charge in [-0.1, -0.05) is 36.2 Å². The Morgan fingerprint density at radius 2 is 2.10 bits per heavy atom. The van der Waals surface area contributed by atoms with Crippen molar-refractivity contribution in [2.45, 2.75) is 26.3 Å². The molecule has 0 heterocycles. The summed E-state index contributed by atoms with van der Waals surface area (Å²) in [4.78, 5) is 22.8. The van der Waals surface area contributed by atoms with Crippen molar-refractivity contribution in [3.63, 3.8) is 0 Å². The van der Waals surface area contributed by atoms with Crippen LogP contribution in [0.4, 0.5) is 14.9 Å². The summed E-state index contributed by atoms with van der Waals surface area (Å²) in [7, 11) is 0. The second-order valence-electron chi connectivity index (χ2n) is 4.42. The minimum Gasteiger partial charge on any atom is -0.480 e. The van der Waals surface area contributed by atoms with Crippen molar-refractivity contribution >= 4 is 33.6 Å². The largest absolute Gasteiger partial charge is 0.480 e. The molecule has 110 valence electrons. The highest BCUT2D eigenvalue weighted by Crippen LogP contribution is 2.19. The van der Waals surface area contributed by atoms with Crippen LogP contribution in [-0.2, 0) is 4.79 Å². The first-order valence-electron chi connectivity index (χ1n) is 6.10. The first-order chi connectivity index (χ1) is 9.35. The zero-order chi connectivity index (χ0) is 15.3. The van der Waals surface area contributed by atoms with Crippen LogP contribution in [0.1, 0.15) is 20.3 Å². The van der Waals surface area contributed by atoms with Gasteiger partial charge in [-0.2, -0.15) is 0 Å². The molecule has 2 atom stereocenters. The topological polar surface area (TPSA) is 78.4 Å². The van der Waals surface area contributed by atoms with Gasteiger partial charge in [-0.3, -0.25) is 0 Å². The molecule has 0 aliphatic heterocycles. The average molecular weight is 347 g/mol. The van der Waals surface area contributed by atoms with E-state index in [1.54, 1.807) is 13.0 Å². The predicted octanol–water partition coefficient (Wildman–Crippen LogP) is 3.21. The van der Waals surface area contributed by atoms with E-state index in [-0.39, 0.29) is 11.6 Å². The number of halogens is 2. The number of nitrogens with one attached hydrogen (secondary N) is 2. The average Bonchev–Trinajstić information content (AvgIpc) is 2.38. The number of aliphatic carboxylic acids is 1. The van der Waals surface area contributed by atoms with Gasteiger partial charge in [0, 0.05) is 4.47 Å². The number of hydrogen-bond donors (Lipinski definition) is 3. The van der Waals surface area contributed by atoms with E-state index in [0.717, 1.165) is 0 Å². The van der Waals surface area contributed by atoms with E-state index < -0.39 is 23.9 Å². The molecule has 0 aliphatic rings. The van der Waals surface area contributed by atoms with Crippen LogP contribution < -0.4 is 10.6 Å². The summed E-state index contributed by atoms with van der Waals surface area (Å²) in [5.74, 6) is -1.95. The fourth-order valence-corrected chi connectivity index (χ4v) is 1.91. The van der Waals surface area contributed by atoms with E-state index >= 15 is 0 Å². The molecule has 20 heavy (non-hydrogen) atoms. The van der Waals surface area contributed by atoms with E-state index in [1.165, 1.54) is 12.1 Å². The zero-order valence-corrected chi connectivity index (χ0v) is 12.7. The van der Waals surface area contributed by atoms with Gasteiger partial charge in [0.2, 0.25) is 0 Å². The summed E-state index contributed by atoms with van der Waals surface area (Å²) in [6.07, 6.45) is 0.601. The van der Waals surface area contributed by atoms with E-state index in [4.69, 9.17) is 5.11 Å². The molecule has 3 N–H and O–H groups in total. The van der Waals surface area contributed by atoms with Gasteiger partial charge in [0.05, 0.1) is 5.69 Å². The van der Waals surface area contributed by atoms with E-state index in [1.807, 2.05) is 6.92 Å². The molecule has 0 aromatic heterocycles. The lowest BCUT2D eigenvalue weighted by Crippen LogP contribution is -2.46. The lowest BCUT2D eigenvalue weighted by atomic mass is 9.99. The molecule has 1 aromatic carbocycles. The van der Waals surface area contributed by atoms with Gasteiger partial charge in [0.1, 0.15) is 11.9 Å².